The number of rotatable bonds is 6. The van der Waals surface area contributed by atoms with Crippen molar-refractivity contribution in [1.29, 1.82) is 0 Å². The van der Waals surface area contributed by atoms with E-state index in [2.05, 4.69) is 27.0 Å². The van der Waals surface area contributed by atoms with Gasteiger partial charge in [0.15, 0.2) is 6.73 Å². The van der Waals surface area contributed by atoms with Crippen molar-refractivity contribution < 1.29 is 38.2 Å². The fourth-order valence-electron chi connectivity index (χ4n) is 4.18. The predicted molar refractivity (Wildman–Crippen MR) is 118 cm³/mol. The van der Waals surface area contributed by atoms with Crippen LogP contribution in [0.2, 0.25) is 0 Å². The number of nitrogens with zero attached hydrogens (tertiary/aromatic N) is 3. The summed E-state index contributed by atoms with van der Waals surface area (Å²) in [6.07, 6.45) is -1.97. The summed E-state index contributed by atoms with van der Waals surface area (Å²) < 4.78 is 16.0. The van der Waals surface area contributed by atoms with Gasteiger partial charge in [-0.1, -0.05) is 6.92 Å². The normalized spacial score (nSPS) is 27.8. The molecule has 3 heterocycles. The van der Waals surface area contributed by atoms with Crippen molar-refractivity contribution >= 4 is 35.7 Å². The molecular weight excluding hydrogens is 450 g/mol. The van der Waals surface area contributed by atoms with Gasteiger partial charge < -0.3 is 25.3 Å². The number of fused-ring (bicyclic) bond motifs is 5. The summed E-state index contributed by atoms with van der Waals surface area (Å²) >= 11 is 0. The van der Waals surface area contributed by atoms with Gasteiger partial charge in [0.2, 0.25) is 17.7 Å². The summed E-state index contributed by atoms with van der Waals surface area (Å²) in [5.41, 5.74) is 4.50. The number of hydrogen-bond donors (Lipinski definition) is 2. The zero-order valence-electron chi connectivity index (χ0n) is 20.3. The summed E-state index contributed by atoms with van der Waals surface area (Å²) in [7, 11) is 6.22. The van der Waals surface area contributed by atoms with Crippen LogP contribution in [0.25, 0.3) is 0 Å². The number of ether oxygens (including phenoxy) is 3. The number of hydrogen-bond acceptors (Lipinski definition) is 11. The SMILES string of the molecule is CN.CN=C=NC.CNC(=O)CCC(=O)OCN1C(=O)C2C3O[C@@H](C2C1=O)[C@@H](C)C3OC(C)=O. The maximum Gasteiger partial charge on any atom is 0.308 e. The Morgan fingerprint density at radius 3 is 2.12 bits per heavy atom. The van der Waals surface area contributed by atoms with E-state index in [4.69, 9.17) is 14.2 Å². The van der Waals surface area contributed by atoms with E-state index in [1.807, 2.05) is 6.92 Å². The van der Waals surface area contributed by atoms with E-state index in [1.54, 1.807) is 14.1 Å². The third-order valence-electron chi connectivity index (χ3n) is 5.56. The lowest BCUT2D eigenvalue weighted by Gasteiger charge is -2.29. The second-order valence-electron chi connectivity index (χ2n) is 7.52. The first-order valence-electron chi connectivity index (χ1n) is 10.7. The third-order valence-corrected chi connectivity index (χ3v) is 5.56. The molecule has 3 amide bonds. The molecule has 0 aromatic carbocycles. The van der Waals surface area contributed by atoms with Gasteiger partial charge in [-0.25, -0.2) is 14.9 Å². The summed E-state index contributed by atoms with van der Waals surface area (Å²) in [6, 6.07) is 2.36. The first-order chi connectivity index (χ1) is 16.2. The van der Waals surface area contributed by atoms with Crippen LogP contribution < -0.4 is 11.1 Å². The van der Waals surface area contributed by atoms with Gasteiger partial charge in [0, 0.05) is 40.4 Å². The minimum absolute atomic E-state index is 0.0396. The molecule has 0 aromatic rings. The zero-order chi connectivity index (χ0) is 26.0. The van der Waals surface area contributed by atoms with Crippen molar-refractivity contribution in [3.05, 3.63) is 0 Å². The lowest BCUT2D eigenvalue weighted by molar-refractivity contribution is -0.160. The van der Waals surface area contributed by atoms with E-state index in [0.29, 0.717) is 0 Å². The molecule has 0 radical (unpaired) electrons. The van der Waals surface area contributed by atoms with E-state index < -0.39 is 60.6 Å². The first-order valence-corrected chi connectivity index (χ1v) is 10.7. The molecule has 6 atom stereocenters. The van der Waals surface area contributed by atoms with Crippen molar-refractivity contribution in [2.75, 3.05) is 34.9 Å². The monoisotopic (exact) mass is 483 g/mol. The molecule has 0 spiro atoms. The molecule has 0 saturated carbocycles. The number of nitrogens with two attached hydrogens (primary N) is 1. The summed E-state index contributed by atoms with van der Waals surface area (Å²) in [4.78, 5) is 67.3. The van der Waals surface area contributed by atoms with Gasteiger partial charge in [-0.05, 0) is 7.05 Å². The Hall–Kier alpha value is -3.15. The van der Waals surface area contributed by atoms with Gasteiger partial charge in [-0.2, -0.15) is 0 Å². The number of aliphatic imine (C=N–C) groups is 2. The van der Waals surface area contributed by atoms with Crippen LogP contribution >= 0.6 is 0 Å². The molecule has 3 aliphatic rings. The maximum absolute atomic E-state index is 12.7. The Balaban J connectivity index is 0.000000733. The van der Waals surface area contributed by atoms with Crippen LogP contribution in [-0.4, -0.2) is 93.8 Å². The Morgan fingerprint density at radius 1 is 1.09 bits per heavy atom. The van der Waals surface area contributed by atoms with Crippen LogP contribution in [0.15, 0.2) is 9.98 Å². The largest absolute Gasteiger partial charge is 0.459 e. The fourth-order valence-corrected chi connectivity index (χ4v) is 4.18. The van der Waals surface area contributed by atoms with E-state index in [0.717, 1.165) is 4.90 Å². The minimum atomic E-state index is -0.743. The maximum atomic E-state index is 12.7. The van der Waals surface area contributed by atoms with Crippen LogP contribution in [0, 0.1) is 17.8 Å². The van der Waals surface area contributed by atoms with Crippen molar-refractivity contribution in [2.45, 2.75) is 45.0 Å². The molecule has 3 N–H and O–H groups in total. The molecule has 190 valence electrons. The molecule has 3 saturated heterocycles. The Morgan fingerprint density at radius 2 is 1.65 bits per heavy atom. The van der Waals surface area contributed by atoms with Crippen molar-refractivity contribution in [3.8, 4) is 0 Å². The predicted octanol–water partition coefficient (Wildman–Crippen LogP) is -1.04. The van der Waals surface area contributed by atoms with Gasteiger partial charge in [-0.15, -0.1) is 0 Å². The summed E-state index contributed by atoms with van der Waals surface area (Å²) in [6.45, 7) is 2.60. The highest BCUT2D eigenvalue weighted by Gasteiger charge is 2.69. The number of carbonyl (C=O) groups excluding carboxylic acids is 5. The highest BCUT2D eigenvalue weighted by molar-refractivity contribution is 6.06. The molecule has 3 rings (SSSR count). The molecule has 13 nitrogen and oxygen atoms in total. The summed E-state index contributed by atoms with van der Waals surface area (Å²) in [5.74, 6) is -4.03. The first kappa shape index (κ1) is 28.9. The fraction of sp³-hybridized carbons (Fsp3) is 0.714. The van der Waals surface area contributed by atoms with Gasteiger partial charge in [0.05, 0.1) is 30.4 Å². The summed E-state index contributed by atoms with van der Waals surface area (Å²) in [5, 5.41) is 2.38. The van der Waals surface area contributed by atoms with E-state index in [-0.39, 0.29) is 24.7 Å². The minimum Gasteiger partial charge on any atom is -0.459 e. The molecule has 34 heavy (non-hydrogen) atoms. The van der Waals surface area contributed by atoms with Crippen LogP contribution in [0.3, 0.4) is 0 Å². The average molecular weight is 484 g/mol. The van der Waals surface area contributed by atoms with Crippen LogP contribution in [0.4, 0.5) is 0 Å². The van der Waals surface area contributed by atoms with Gasteiger partial charge in [0.1, 0.15) is 12.2 Å². The molecule has 2 bridgehead atoms. The highest BCUT2D eigenvalue weighted by Crippen LogP contribution is 2.52. The lowest BCUT2D eigenvalue weighted by atomic mass is 9.74. The third kappa shape index (κ3) is 6.46. The molecule has 4 unspecified atom stereocenters. The number of imide groups is 1. The van der Waals surface area contributed by atoms with Crippen LogP contribution in [-0.2, 0) is 38.2 Å². The Kier molecular flexibility index (Phi) is 11.5. The second-order valence-corrected chi connectivity index (χ2v) is 7.52. The van der Waals surface area contributed by atoms with E-state index >= 15 is 0 Å². The number of nitrogens with one attached hydrogen (secondary N) is 1. The van der Waals surface area contributed by atoms with Crippen molar-refractivity contribution in [3.63, 3.8) is 0 Å². The standard InChI is InChI=1S/C17H22N2O8.C3H6N2.CH5N/c1-7-13-11-12(15(27-13)14(7)26-8(2)20)17(24)19(16(11)23)6-25-10(22)5-4-9(21)18-3;1-4-3-5-2;1-2/h7,11-15H,4-6H2,1-3H3,(H,18,21);1-2H3;2H2,1H3/t7-,11?,12?,13-,14?,15?;;/m1../s1. The van der Waals surface area contributed by atoms with Gasteiger partial charge in [-0.3, -0.25) is 24.0 Å². The molecule has 0 aromatic heterocycles. The number of amides is 3. The Bertz CT molecular complexity index is 835. The van der Waals surface area contributed by atoms with Crippen LogP contribution in [0.5, 0.6) is 0 Å². The average Bonchev–Trinajstić information content (AvgIpc) is 3.43. The zero-order valence-corrected chi connectivity index (χ0v) is 20.3. The smallest absolute Gasteiger partial charge is 0.308 e. The number of carbonyl (C=O) groups is 5. The molecule has 13 heteroatoms. The van der Waals surface area contributed by atoms with Crippen LogP contribution in [0.1, 0.15) is 26.7 Å². The molecular formula is C21H33N5O8. The Labute approximate surface area is 198 Å². The quantitative estimate of drug-likeness (QED) is 0.271. The van der Waals surface area contributed by atoms with E-state index in [9.17, 15) is 24.0 Å². The highest BCUT2D eigenvalue weighted by atomic mass is 16.6. The number of esters is 2. The molecule has 0 aliphatic carbocycles. The van der Waals surface area contributed by atoms with E-state index in [1.165, 1.54) is 21.0 Å². The van der Waals surface area contributed by atoms with Crippen molar-refractivity contribution in [1.82, 2.24) is 10.2 Å². The van der Waals surface area contributed by atoms with Gasteiger partial charge >= 0.3 is 11.9 Å². The molecule has 3 aliphatic heterocycles. The second kappa shape index (κ2) is 13.5. The lowest BCUT2D eigenvalue weighted by Crippen LogP contribution is -2.45. The van der Waals surface area contributed by atoms with Gasteiger partial charge in [0.25, 0.3) is 0 Å². The number of likely N-dealkylation sites (tertiary alicyclic amines) is 1. The molecule has 3 fully saturated rings. The van der Waals surface area contributed by atoms with Crippen molar-refractivity contribution in [2.24, 2.45) is 33.5 Å². The topological polar surface area (TPSA) is 179 Å².